The van der Waals surface area contributed by atoms with Crippen LogP contribution in [-0.2, 0) is 0 Å². The first-order valence-corrected chi connectivity index (χ1v) is 5.77. The number of hydrogen-bond donors (Lipinski definition) is 1. The van der Waals surface area contributed by atoms with E-state index in [-0.39, 0.29) is 22.5 Å². The van der Waals surface area contributed by atoms with Gasteiger partial charge in [0.25, 0.3) is 0 Å². The van der Waals surface area contributed by atoms with Crippen LogP contribution in [0.2, 0.25) is 0 Å². The summed E-state index contributed by atoms with van der Waals surface area (Å²) in [4.78, 5) is 10.9. The van der Waals surface area contributed by atoms with Gasteiger partial charge in [-0.2, -0.15) is 0 Å². The maximum atomic E-state index is 13.8. The van der Waals surface area contributed by atoms with E-state index in [1.165, 1.54) is 18.2 Å². The largest absolute Gasteiger partial charge is 0.478 e. The molecule has 0 unspecified atom stereocenters. The molecule has 1 N–H and O–H groups in total. The number of hydrogen-bond acceptors (Lipinski definition) is 2. The van der Waals surface area contributed by atoms with E-state index in [1.54, 1.807) is 6.07 Å². The third kappa shape index (κ3) is 1.93. The Kier molecular flexibility index (Phi) is 2.75. The molecule has 3 aromatic rings. The Hall–Kier alpha value is -2.69. The zero-order valence-corrected chi connectivity index (χ0v) is 10.1. The van der Waals surface area contributed by atoms with Crippen LogP contribution < -0.4 is 0 Å². The Labute approximate surface area is 112 Å². The highest BCUT2D eigenvalue weighted by molar-refractivity contribution is 5.90. The van der Waals surface area contributed by atoms with Gasteiger partial charge in [0.1, 0.15) is 11.6 Å². The van der Waals surface area contributed by atoms with Gasteiger partial charge in [0.15, 0.2) is 11.4 Å². The van der Waals surface area contributed by atoms with Gasteiger partial charge in [-0.05, 0) is 30.3 Å². The summed E-state index contributed by atoms with van der Waals surface area (Å²) in [5, 5.41) is 9.40. The summed E-state index contributed by atoms with van der Waals surface area (Å²) in [5.41, 5.74) is -0.0644. The molecular formula is C15H8F2O3. The maximum absolute atomic E-state index is 13.8. The molecule has 100 valence electrons. The van der Waals surface area contributed by atoms with Crippen molar-refractivity contribution in [1.29, 1.82) is 0 Å². The van der Waals surface area contributed by atoms with Crippen molar-refractivity contribution in [3.63, 3.8) is 0 Å². The van der Waals surface area contributed by atoms with E-state index in [0.717, 1.165) is 18.2 Å². The van der Waals surface area contributed by atoms with Gasteiger partial charge in [-0.3, -0.25) is 0 Å². The fourth-order valence-electron chi connectivity index (χ4n) is 2.01. The Morgan fingerprint density at radius 2 is 1.85 bits per heavy atom. The minimum Gasteiger partial charge on any atom is -0.478 e. The van der Waals surface area contributed by atoms with Crippen LogP contribution in [0.15, 0.2) is 46.9 Å². The van der Waals surface area contributed by atoms with Gasteiger partial charge in [-0.25, -0.2) is 13.6 Å². The predicted molar refractivity (Wildman–Crippen MR) is 68.5 cm³/mol. The summed E-state index contributed by atoms with van der Waals surface area (Å²) in [6.07, 6.45) is 0. The summed E-state index contributed by atoms with van der Waals surface area (Å²) in [6, 6.07) is 9.22. The minimum atomic E-state index is -1.17. The van der Waals surface area contributed by atoms with Gasteiger partial charge in [0.05, 0.1) is 11.1 Å². The summed E-state index contributed by atoms with van der Waals surface area (Å²) < 4.78 is 32.6. The predicted octanol–water partition coefficient (Wildman–Crippen LogP) is 4.08. The van der Waals surface area contributed by atoms with E-state index in [2.05, 4.69) is 0 Å². The molecule has 0 aliphatic rings. The summed E-state index contributed by atoms with van der Waals surface area (Å²) >= 11 is 0. The molecule has 0 spiro atoms. The monoisotopic (exact) mass is 274 g/mol. The molecule has 5 heteroatoms. The number of halogens is 2. The third-order valence-corrected chi connectivity index (χ3v) is 2.97. The molecular weight excluding hydrogens is 266 g/mol. The molecule has 0 saturated carbocycles. The van der Waals surface area contributed by atoms with E-state index < -0.39 is 17.6 Å². The lowest BCUT2D eigenvalue weighted by Crippen LogP contribution is -1.97. The molecule has 3 nitrogen and oxygen atoms in total. The lowest BCUT2D eigenvalue weighted by molar-refractivity contribution is 0.0697. The molecule has 3 rings (SSSR count). The van der Waals surface area contributed by atoms with Crippen molar-refractivity contribution in [2.75, 3.05) is 0 Å². The first-order valence-electron chi connectivity index (χ1n) is 5.77. The zero-order valence-electron chi connectivity index (χ0n) is 10.1. The molecule has 0 bridgehead atoms. The van der Waals surface area contributed by atoms with E-state index in [9.17, 15) is 13.6 Å². The number of benzene rings is 2. The Bertz CT molecular complexity index is 821. The topological polar surface area (TPSA) is 50.4 Å². The molecule has 1 heterocycles. The van der Waals surface area contributed by atoms with Gasteiger partial charge in [0.2, 0.25) is 0 Å². The van der Waals surface area contributed by atoms with Crippen LogP contribution in [0.5, 0.6) is 0 Å². The van der Waals surface area contributed by atoms with Crippen molar-refractivity contribution in [2.45, 2.75) is 0 Å². The highest BCUT2D eigenvalue weighted by atomic mass is 19.1. The smallest absolute Gasteiger partial charge is 0.335 e. The maximum Gasteiger partial charge on any atom is 0.335 e. The summed E-state index contributed by atoms with van der Waals surface area (Å²) in [5.74, 6) is -2.27. The Morgan fingerprint density at radius 1 is 1.05 bits per heavy atom. The van der Waals surface area contributed by atoms with E-state index in [0.29, 0.717) is 5.39 Å². The fraction of sp³-hybridized carbons (Fsp3) is 0. The molecule has 0 aliphatic carbocycles. The van der Waals surface area contributed by atoms with E-state index in [1.807, 2.05) is 0 Å². The first-order chi connectivity index (χ1) is 9.56. The first kappa shape index (κ1) is 12.3. The van der Waals surface area contributed by atoms with Crippen LogP contribution in [0.3, 0.4) is 0 Å². The van der Waals surface area contributed by atoms with Crippen LogP contribution >= 0.6 is 0 Å². The number of fused-ring (bicyclic) bond motifs is 1. The second-order valence-corrected chi connectivity index (χ2v) is 4.27. The lowest BCUT2D eigenvalue weighted by Gasteiger charge is -2.01. The van der Waals surface area contributed by atoms with Gasteiger partial charge in [0, 0.05) is 5.39 Å². The normalized spacial score (nSPS) is 10.9. The molecule has 0 amide bonds. The van der Waals surface area contributed by atoms with Gasteiger partial charge in [-0.1, -0.05) is 12.1 Å². The van der Waals surface area contributed by atoms with Crippen LogP contribution in [-0.4, -0.2) is 11.1 Å². The molecule has 2 aromatic carbocycles. The van der Waals surface area contributed by atoms with Crippen molar-refractivity contribution < 1.29 is 23.1 Å². The molecule has 0 saturated heterocycles. The minimum absolute atomic E-state index is 0.0134. The molecule has 1 aromatic heterocycles. The average Bonchev–Trinajstić information content (AvgIpc) is 2.84. The van der Waals surface area contributed by atoms with Gasteiger partial charge >= 0.3 is 5.97 Å². The SMILES string of the molecule is O=C(O)c1ccc(F)c(-c2cc3cccc(F)c3o2)c1. The number of aromatic carboxylic acids is 1. The highest BCUT2D eigenvalue weighted by Crippen LogP contribution is 2.31. The van der Waals surface area contributed by atoms with Crippen LogP contribution in [0.1, 0.15) is 10.4 Å². The highest BCUT2D eigenvalue weighted by Gasteiger charge is 2.15. The van der Waals surface area contributed by atoms with Gasteiger partial charge in [-0.15, -0.1) is 0 Å². The average molecular weight is 274 g/mol. The fourth-order valence-corrected chi connectivity index (χ4v) is 2.01. The van der Waals surface area contributed by atoms with Crippen LogP contribution in [0, 0.1) is 11.6 Å². The van der Waals surface area contributed by atoms with E-state index >= 15 is 0 Å². The number of carboxylic acids is 1. The van der Waals surface area contributed by atoms with Crippen LogP contribution in [0.4, 0.5) is 8.78 Å². The number of carboxylic acid groups (broad SMARTS) is 1. The van der Waals surface area contributed by atoms with Crippen molar-refractivity contribution >= 4 is 16.9 Å². The molecule has 0 fully saturated rings. The molecule has 0 radical (unpaired) electrons. The van der Waals surface area contributed by atoms with Crippen LogP contribution in [0.25, 0.3) is 22.3 Å². The Morgan fingerprint density at radius 3 is 2.55 bits per heavy atom. The molecule has 0 atom stereocenters. The number of para-hydroxylation sites is 1. The molecule has 0 aliphatic heterocycles. The summed E-state index contributed by atoms with van der Waals surface area (Å²) in [7, 11) is 0. The standard InChI is InChI=1S/C15H8F2O3/c16-11-5-4-9(15(18)19)6-10(11)13-7-8-2-1-3-12(17)14(8)20-13/h1-7H,(H,18,19). The second-order valence-electron chi connectivity index (χ2n) is 4.27. The zero-order chi connectivity index (χ0) is 14.3. The lowest BCUT2D eigenvalue weighted by atomic mass is 10.1. The number of carbonyl (C=O) groups is 1. The number of furan rings is 1. The van der Waals surface area contributed by atoms with Crippen molar-refractivity contribution in [3.8, 4) is 11.3 Å². The molecule has 20 heavy (non-hydrogen) atoms. The number of rotatable bonds is 2. The third-order valence-electron chi connectivity index (χ3n) is 2.97. The van der Waals surface area contributed by atoms with Gasteiger partial charge < -0.3 is 9.52 Å². The Balaban J connectivity index is 2.22. The second kappa shape index (κ2) is 4.45. The quantitative estimate of drug-likeness (QED) is 0.766. The van der Waals surface area contributed by atoms with Crippen molar-refractivity contribution in [2.24, 2.45) is 0 Å². The van der Waals surface area contributed by atoms with E-state index in [4.69, 9.17) is 9.52 Å². The van der Waals surface area contributed by atoms with Crippen molar-refractivity contribution in [1.82, 2.24) is 0 Å². The van der Waals surface area contributed by atoms with Crippen molar-refractivity contribution in [3.05, 3.63) is 59.7 Å². The summed E-state index contributed by atoms with van der Waals surface area (Å²) in [6.45, 7) is 0.